The van der Waals surface area contributed by atoms with Gasteiger partial charge >= 0.3 is 5.97 Å². The molecule has 0 aliphatic carbocycles. The zero-order chi connectivity index (χ0) is 11.5. The van der Waals surface area contributed by atoms with Crippen LogP contribution in [-0.4, -0.2) is 28.7 Å². The minimum atomic E-state index is -1.59. The van der Waals surface area contributed by atoms with Crippen molar-refractivity contribution < 1.29 is 19.5 Å². The van der Waals surface area contributed by atoms with Gasteiger partial charge in [0, 0.05) is 0 Å². The van der Waals surface area contributed by atoms with Gasteiger partial charge in [-0.2, -0.15) is 0 Å². The van der Waals surface area contributed by atoms with Crippen LogP contribution in [0.1, 0.15) is 20.8 Å². The highest BCUT2D eigenvalue weighted by atomic mass is 16.4. The Morgan fingerprint density at radius 3 is 1.79 bits per heavy atom. The molecule has 0 radical (unpaired) electrons. The van der Waals surface area contributed by atoms with Crippen LogP contribution in [0.3, 0.4) is 0 Å². The fourth-order valence-corrected chi connectivity index (χ4v) is 1.18. The third-order valence-electron chi connectivity index (χ3n) is 1.92. The number of carbonyl (C=O) groups excluding carboxylic acids is 2. The molecule has 0 rings (SSSR count). The standard InChI is InChI=1S/C9H15NO4/c1-4(2)6(7(11)5(3)10)8(12)9(13)14/h4-6H,10H2,1-3H3,(H,13,14)/t5-,6?/m0/s1. The van der Waals surface area contributed by atoms with Gasteiger partial charge in [0.1, 0.15) is 0 Å². The SMILES string of the molecule is CC(C)C(C(=O)C(=O)O)C(=O)[C@H](C)N. The van der Waals surface area contributed by atoms with E-state index in [1.807, 2.05) is 0 Å². The summed E-state index contributed by atoms with van der Waals surface area (Å²) >= 11 is 0. The smallest absolute Gasteiger partial charge is 0.372 e. The normalized spacial score (nSPS) is 14.9. The lowest BCUT2D eigenvalue weighted by Gasteiger charge is -2.17. The number of carbonyl (C=O) groups is 3. The molecule has 0 spiro atoms. The average molecular weight is 201 g/mol. The van der Waals surface area contributed by atoms with Crippen molar-refractivity contribution in [2.24, 2.45) is 17.6 Å². The van der Waals surface area contributed by atoms with E-state index in [1.165, 1.54) is 6.92 Å². The van der Waals surface area contributed by atoms with Crippen molar-refractivity contribution in [3.05, 3.63) is 0 Å². The van der Waals surface area contributed by atoms with Crippen molar-refractivity contribution >= 4 is 17.5 Å². The van der Waals surface area contributed by atoms with E-state index in [0.29, 0.717) is 0 Å². The molecule has 0 aromatic carbocycles. The second-order valence-electron chi connectivity index (χ2n) is 3.58. The Morgan fingerprint density at radius 2 is 1.57 bits per heavy atom. The van der Waals surface area contributed by atoms with Crippen molar-refractivity contribution in [2.45, 2.75) is 26.8 Å². The number of carboxylic acids is 1. The second-order valence-corrected chi connectivity index (χ2v) is 3.58. The summed E-state index contributed by atoms with van der Waals surface area (Å²) in [5.41, 5.74) is 5.32. The third-order valence-corrected chi connectivity index (χ3v) is 1.92. The summed E-state index contributed by atoms with van der Waals surface area (Å²) in [4.78, 5) is 33.0. The number of Topliss-reactive ketones (excluding diaryl/α,β-unsaturated/α-hetero) is 2. The molecule has 0 aliphatic heterocycles. The summed E-state index contributed by atoms with van der Waals surface area (Å²) in [7, 11) is 0. The molecule has 0 fully saturated rings. The summed E-state index contributed by atoms with van der Waals surface area (Å²) in [5, 5.41) is 8.49. The lowest BCUT2D eigenvalue weighted by atomic mass is 9.85. The van der Waals surface area contributed by atoms with Crippen LogP contribution in [0.5, 0.6) is 0 Å². The monoisotopic (exact) mass is 201 g/mol. The minimum absolute atomic E-state index is 0.350. The van der Waals surface area contributed by atoms with Crippen LogP contribution in [0.15, 0.2) is 0 Å². The predicted octanol–water partition coefficient (Wildman–Crippen LogP) is -0.171. The zero-order valence-corrected chi connectivity index (χ0v) is 8.48. The van der Waals surface area contributed by atoms with E-state index in [9.17, 15) is 14.4 Å². The van der Waals surface area contributed by atoms with Crippen LogP contribution in [0.2, 0.25) is 0 Å². The van der Waals surface area contributed by atoms with Gasteiger partial charge < -0.3 is 10.8 Å². The predicted molar refractivity (Wildman–Crippen MR) is 49.6 cm³/mol. The quantitative estimate of drug-likeness (QED) is 0.475. The molecule has 14 heavy (non-hydrogen) atoms. The number of carboxylic acid groups (broad SMARTS) is 1. The molecular formula is C9H15NO4. The highest BCUT2D eigenvalue weighted by Gasteiger charge is 2.35. The number of hydrogen-bond acceptors (Lipinski definition) is 4. The molecule has 0 amide bonds. The first-order chi connectivity index (χ1) is 6.29. The second kappa shape index (κ2) is 4.85. The fourth-order valence-electron chi connectivity index (χ4n) is 1.18. The maximum atomic E-state index is 11.4. The molecule has 0 heterocycles. The molecule has 0 saturated carbocycles. The Bertz CT molecular complexity index is 258. The lowest BCUT2D eigenvalue weighted by molar-refractivity contribution is -0.154. The fraction of sp³-hybridized carbons (Fsp3) is 0.667. The zero-order valence-electron chi connectivity index (χ0n) is 8.48. The Hall–Kier alpha value is -1.23. The number of aliphatic carboxylic acids is 1. The van der Waals surface area contributed by atoms with E-state index in [4.69, 9.17) is 10.8 Å². The molecule has 0 aliphatic rings. The first kappa shape index (κ1) is 12.8. The minimum Gasteiger partial charge on any atom is -0.475 e. The summed E-state index contributed by atoms with van der Waals surface area (Å²) < 4.78 is 0. The van der Waals surface area contributed by atoms with Crippen LogP contribution in [0, 0.1) is 11.8 Å². The number of nitrogens with two attached hydrogens (primary N) is 1. The molecule has 0 aromatic heterocycles. The van der Waals surface area contributed by atoms with Gasteiger partial charge in [0.2, 0.25) is 0 Å². The number of rotatable bonds is 5. The molecule has 0 bridgehead atoms. The Balaban J connectivity index is 4.87. The molecular weight excluding hydrogens is 186 g/mol. The molecule has 80 valence electrons. The summed E-state index contributed by atoms with van der Waals surface area (Å²) in [5.74, 6) is -4.67. The van der Waals surface area contributed by atoms with Gasteiger partial charge in [-0.3, -0.25) is 9.59 Å². The first-order valence-electron chi connectivity index (χ1n) is 4.35. The topological polar surface area (TPSA) is 97.5 Å². The van der Waals surface area contributed by atoms with Gasteiger partial charge in [0.05, 0.1) is 12.0 Å². The van der Waals surface area contributed by atoms with Gasteiger partial charge in [-0.05, 0) is 12.8 Å². The molecule has 1 unspecified atom stereocenters. The summed E-state index contributed by atoms with van der Waals surface area (Å²) in [6.07, 6.45) is 0. The maximum Gasteiger partial charge on any atom is 0.372 e. The molecule has 0 aromatic rings. The Kier molecular flexibility index (Phi) is 4.43. The van der Waals surface area contributed by atoms with Gasteiger partial charge in [-0.15, -0.1) is 0 Å². The largest absolute Gasteiger partial charge is 0.475 e. The van der Waals surface area contributed by atoms with Crippen molar-refractivity contribution in [3.8, 4) is 0 Å². The molecule has 5 heteroatoms. The highest BCUT2D eigenvalue weighted by molar-refractivity contribution is 6.37. The van der Waals surface area contributed by atoms with E-state index in [0.717, 1.165) is 0 Å². The molecule has 0 saturated heterocycles. The molecule has 5 nitrogen and oxygen atoms in total. The van der Waals surface area contributed by atoms with E-state index >= 15 is 0 Å². The Labute approximate surface area is 82.3 Å². The van der Waals surface area contributed by atoms with E-state index in [2.05, 4.69) is 0 Å². The maximum absolute atomic E-state index is 11.4. The van der Waals surface area contributed by atoms with E-state index in [-0.39, 0.29) is 5.92 Å². The van der Waals surface area contributed by atoms with Crippen molar-refractivity contribution in [3.63, 3.8) is 0 Å². The van der Waals surface area contributed by atoms with Crippen LogP contribution >= 0.6 is 0 Å². The van der Waals surface area contributed by atoms with Crippen LogP contribution in [-0.2, 0) is 14.4 Å². The van der Waals surface area contributed by atoms with Crippen molar-refractivity contribution in [1.82, 2.24) is 0 Å². The van der Waals surface area contributed by atoms with Crippen LogP contribution in [0.4, 0.5) is 0 Å². The number of ketones is 2. The van der Waals surface area contributed by atoms with E-state index in [1.54, 1.807) is 13.8 Å². The first-order valence-corrected chi connectivity index (χ1v) is 4.35. The lowest BCUT2D eigenvalue weighted by Crippen LogP contribution is -2.41. The number of hydrogen-bond donors (Lipinski definition) is 2. The summed E-state index contributed by atoms with van der Waals surface area (Å²) in [6, 6.07) is -0.814. The third kappa shape index (κ3) is 2.92. The summed E-state index contributed by atoms with van der Waals surface area (Å²) in [6.45, 7) is 4.67. The van der Waals surface area contributed by atoms with Gasteiger partial charge in [-0.25, -0.2) is 4.79 Å². The average Bonchev–Trinajstić information content (AvgIpc) is 2.03. The van der Waals surface area contributed by atoms with Gasteiger partial charge in [0.15, 0.2) is 5.78 Å². The van der Waals surface area contributed by atoms with Gasteiger partial charge in [0.25, 0.3) is 5.78 Å². The van der Waals surface area contributed by atoms with E-state index < -0.39 is 29.5 Å². The van der Waals surface area contributed by atoms with Crippen LogP contribution < -0.4 is 5.73 Å². The highest BCUT2D eigenvalue weighted by Crippen LogP contribution is 2.15. The van der Waals surface area contributed by atoms with Crippen molar-refractivity contribution in [1.29, 1.82) is 0 Å². The molecule has 3 N–H and O–H groups in total. The van der Waals surface area contributed by atoms with Gasteiger partial charge in [-0.1, -0.05) is 13.8 Å². The van der Waals surface area contributed by atoms with Crippen LogP contribution in [0.25, 0.3) is 0 Å². The molecule has 2 atom stereocenters. The Morgan fingerprint density at radius 1 is 1.14 bits per heavy atom. The van der Waals surface area contributed by atoms with Crippen molar-refractivity contribution in [2.75, 3.05) is 0 Å².